The standard InChI is InChI=1S/C11H14FNO/c12-10-4-2-1-3-9(10)11(13)7-8(11)5-6-14/h1-4,8,14H,5-7,13H2/t8-,11+/m0/s1. The molecule has 1 aromatic rings. The lowest BCUT2D eigenvalue weighted by Gasteiger charge is -2.12. The van der Waals surface area contributed by atoms with Gasteiger partial charge in [-0.3, -0.25) is 0 Å². The maximum absolute atomic E-state index is 13.4. The number of nitrogens with two attached hydrogens (primary N) is 1. The Hall–Kier alpha value is -0.930. The van der Waals surface area contributed by atoms with E-state index >= 15 is 0 Å². The minimum absolute atomic E-state index is 0.123. The molecule has 0 bridgehead atoms. The molecule has 1 aliphatic rings. The van der Waals surface area contributed by atoms with Crippen LogP contribution in [-0.2, 0) is 5.54 Å². The summed E-state index contributed by atoms with van der Waals surface area (Å²) in [4.78, 5) is 0. The summed E-state index contributed by atoms with van der Waals surface area (Å²) in [5.41, 5.74) is 6.10. The van der Waals surface area contributed by atoms with Crippen molar-refractivity contribution in [3.8, 4) is 0 Å². The monoisotopic (exact) mass is 195 g/mol. The van der Waals surface area contributed by atoms with Gasteiger partial charge in [0.15, 0.2) is 0 Å². The van der Waals surface area contributed by atoms with Crippen molar-refractivity contribution in [1.82, 2.24) is 0 Å². The molecule has 0 heterocycles. The molecule has 14 heavy (non-hydrogen) atoms. The molecule has 1 saturated carbocycles. The summed E-state index contributed by atoms with van der Waals surface area (Å²) < 4.78 is 13.4. The molecule has 0 aromatic heterocycles. The summed E-state index contributed by atoms with van der Waals surface area (Å²) in [6.07, 6.45) is 1.43. The van der Waals surface area contributed by atoms with Crippen molar-refractivity contribution in [2.45, 2.75) is 18.4 Å². The lowest BCUT2D eigenvalue weighted by molar-refractivity contribution is 0.274. The zero-order chi connectivity index (χ0) is 10.2. The van der Waals surface area contributed by atoms with E-state index in [0.717, 1.165) is 6.42 Å². The third-order valence-electron chi connectivity index (χ3n) is 3.01. The second kappa shape index (κ2) is 3.33. The Balaban J connectivity index is 2.21. The molecule has 0 saturated heterocycles. The van der Waals surface area contributed by atoms with Crippen LogP contribution in [0, 0.1) is 11.7 Å². The third kappa shape index (κ3) is 1.42. The van der Waals surface area contributed by atoms with Crippen molar-refractivity contribution in [2.24, 2.45) is 11.7 Å². The Labute approximate surface area is 82.5 Å². The van der Waals surface area contributed by atoms with Crippen LogP contribution in [0.2, 0.25) is 0 Å². The summed E-state index contributed by atoms with van der Waals surface area (Å²) in [6, 6.07) is 6.61. The fourth-order valence-corrected chi connectivity index (χ4v) is 2.03. The van der Waals surface area contributed by atoms with Crippen LogP contribution < -0.4 is 5.73 Å². The average Bonchev–Trinajstić information content (AvgIpc) is 2.79. The summed E-state index contributed by atoms with van der Waals surface area (Å²) in [7, 11) is 0. The van der Waals surface area contributed by atoms with E-state index in [9.17, 15) is 4.39 Å². The molecule has 3 heteroatoms. The highest BCUT2D eigenvalue weighted by Gasteiger charge is 2.52. The number of halogens is 1. The first-order valence-corrected chi connectivity index (χ1v) is 4.83. The third-order valence-corrected chi connectivity index (χ3v) is 3.01. The van der Waals surface area contributed by atoms with Gasteiger partial charge >= 0.3 is 0 Å². The normalized spacial score (nSPS) is 30.4. The van der Waals surface area contributed by atoms with Crippen LogP contribution in [0.15, 0.2) is 24.3 Å². The number of rotatable bonds is 3. The molecule has 0 radical (unpaired) electrons. The van der Waals surface area contributed by atoms with Gasteiger partial charge < -0.3 is 10.8 Å². The zero-order valence-corrected chi connectivity index (χ0v) is 7.91. The first-order valence-electron chi connectivity index (χ1n) is 4.83. The highest BCUT2D eigenvalue weighted by atomic mass is 19.1. The van der Waals surface area contributed by atoms with E-state index in [4.69, 9.17) is 10.8 Å². The largest absolute Gasteiger partial charge is 0.396 e. The second-order valence-corrected chi connectivity index (χ2v) is 3.93. The number of benzene rings is 1. The summed E-state index contributed by atoms with van der Waals surface area (Å²) in [5, 5.41) is 8.78. The fourth-order valence-electron chi connectivity index (χ4n) is 2.03. The van der Waals surface area contributed by atoms with Gasteiger partial charge in [-0.25, -0.2) is 4.39 Å². The number of aliphatic hydroxyl groups excluding tert-OH is 1. The average molecular weight is 195 g/mol. The Morgan fingerprint density at radius 3 is 2.86 bits per heavy atom. The fraction of sp³-hybridized carbons (Fsp3) is 0.455. The van der Waals surface area contributed by atoms with Crippen LogP contribution in [0.4, 0.5) is 4.39 Å². The van der Waals surface area contributed by atoms with E-state index in [1.54, 1.807) is 18.2 Å². The van der Waals surface area contributed by atoms with Crippen molar-refractivity contribution < 1.29 is 9.50 Å². The molecular formula is C11H14FNO. The zero-order valence-electron chi connectivity index (χ0n) is 7.91. The van der Waals surface area contributed by atoms with Gasteiger partial charge in [-0.15, -0.1) is 0 Å². The molecule has 76 valence electrons. The van der Waals surface area contributed by atoms with E-state index in [1.165, 1.54) is 6.07 Å². The lowest BCUT2D eigenvalue weighted by atomic mass is 10.0. The molecule has 1 aromatic carbocycles. The Kier molecular flexibility index (Phi) is 2.29. The van der Waals surface area contributed by atoms with Crippen LogP contribution in [-0.4, -0.2) is 11.7 Å². The van der Waals surface area contributed by atoms with Gasteiger partial charge in [0.05, 0.1) is 0 Å². The Morgan fingerprint density at radius 1 is 1.50 bits per heavy atom. The highest BCUT2D eigenvalue weighted by molar-refractivity contribution is 5.32. The topological polar surface area (TPSA) is 46.2 Å². The van der Waals surface area contributed by atoms with Crippen molar-refractivity contribution in [3.05, 3.63) is 35.6 Å². The van der Waals surface area contributed by atoms with Crippen molar-refractivity contribution in [1.29, 1.82) is 0 Å². The smallest absolute Gasteiger partial charge is 0.128 e. The Bertz CT molecular complexity index is 342. The first kappa shape index (κ1) is 9.62. The van der Waals surface area contributed by atoms with Gasteiger partial charge in [0, 0.05) is 17.7 Å². The predicted molar refractivity (Wildman–Crippen MR) is 52.1 cm³/mol. The van der Waals surface area contributed by atoms with Gasteiger partial charge in [0.25, 0.3) is 0 Å². The van der Waals surface area contributed by atoms with E-state index in [-0.39, 0.29) is 18.3 Å². The SMILES string of the molecule is N[C@]1(c2ccccc2F)C[C@@H]1CCO. The van der Waals surface area contributed by atoms with E-state index in [0.29, 0.717) is 12.0 Å². The van der Waals surface area contributed by atoms with Crippen LogP contribution in [0.25, 0.3) is 0 Å². The summed E-state index contributed by atoms with van der Waals surface area (Å²) in [5.74, 6) is -0.0140. The molecule has 2 rings (SSSR count). The number of hydrogen-bond acceptors (Lipinski definition) is 2. The predicted octanol–water partition coefficient (Wildman–Crippen LogP) is 1.38. The number of hydrogen-bond donors (Lipinski definition) is 2. The van der Waals surface area contributed by atoms with Crippen molar-refractivity contribution in [2.75, 3.05) is 6.61 Å². The van der Waals surface area contributed by atoms with Gasteiger partial charge in [-0.1, -0.05) is 18.2 Å². The Morgan fingerprint density at radius 2 is 2.21 bits per heavy atom. The molecule has 0 amide bonds. The maximum Gasteiger partial charge on any atom is 0.128 e. The maximum atomic E-state index is 13.4. The highest BCUT2D eigenvalue weighted by Crippen LogP contribution is 2.51. The van der Waals surface area contributed by atoms with Crippen molar-refractivity contribution >= 4 is 0 Å². The second-order valence-electron chi connectivity index (χ2n) is 3.93. The minimum atomic E-state index is -0.534. The van der Waals surface area contributed by atoms with Gasteiger partial charge in [0.1, 0.15) is 5.82 Å². The molecule has 0 aliphatic heterocycles. The van der Waals surface area contributed by atoms with Crippen LogP contribution in [0.3, 0.4) is 0 Å². The molecule has 3 N–H and O–H groups in total. The lowest BCUT2D eigenvalue weighted by Crippen LogP contribution is -2.23. The summed E-state index contributed by atoms with van der Waals surface area (Å²) >= 11 is 0. The van der Waals surface area contributed by atoms with Crippen LogP contribution in [0.5, 0.6) is 0 Å². The van der Waals surface area contributed by atoms with Gasteiger partial charge in [-0.2, -0.15) is 0 Å². The van der Waals surface area contributed by atoms with Crippen LogP contribution >= 0.6 is 0 Å². The van der Waals surface area contributed by atoms with Crippen LogP contribution in [0.1, 0.15) is 18.4 Å². The van der Waals surface area contributed by atoms with E-state index < -0.39 is 5.54 Å². The van der Waals surface area contributed by atoms with Crippen molar-refractivity contribution in [3.63, 3.8) is 0 Å². The molecule has 2 atom stereocenters. The van der Waals surface area contributed by atoms with Gasteiger partial charge in [0.2, 0.25) is 0 Å². The molecule has 2 nitrogen and oxygen atoms in total. The molecule has 1 fully saturated rings. The molecule has 1 aliphatic carbocycles. The minimum Gasteiger partial charge on any atom is -0.396 e. The van der Waals surface area contributed by atoms with E-state index in [1.807, 2.05) is 0 Å². The first-order chi connectivity index (χ1) is 6.68. The molecular weight excluding hydrogens is 181 g/mol. The van der Waals surface area contributed by atoms with E-state index in [2.05, 4.69) is 0 Å². The molecule has 0 spiro atoms. The number of aliphatic hydroxyl groups is 1. The molecule has 0 unspecified atom stereocenters. The summed E-state index contributed by atoms with van der Waals surface area (Å²) in [6.45, 7) is 0.123. The van der Waals surface area contributed by atoms with Gasteiger partial charge in [-0.05, 0) is 24.8 Å². The quantitative estimate of drug-likeness (QED) is 0.765.